The number of carbonyl (C=O) groups excluding carboxylic acids is 1. The van der Waals surface area contributed by atoms with Crippen LogP contribution < -0.4 is 10.6 Å². The predicted octanol–water partition coefficient (Wildman–Crippen LogP) is 2.09. The van der Waals surface area contributed by atoms with Gasteiger partial charge < -0.3 is 10.6 Å². The molecule has 1 aromatic rings. The van der Waals surface area contributed by atoms with E-state index in [9.17, 15) is 4.79 Å². The Bertz CT molecular complexity index is 387. The van der Waals surface area contributed by atoms with Gasteiger partial charge in [0.2, 0.25) is 5.91 Å². The van der Waals surface area contributed by atoms with Gasteiger partial charge >= 0.3 is 0 Å². The van der Waals surface area contributed by atoms with E-state index in [1.807, 2.05) is 30.0 Å². The lowest BCUT2D eigenvalue weighted by atomic mass is 10.1. The number of aryl methyl sites for hydroxylation is 1. The highest BCUT2D eigenvalue weighted by Gasteiger charge is 2.21. The fourth-order valence-corrected chi connectivity index (χ4v) is 1.95. The van der Waals surface area contributed by atoms with Crippen LogP contribution in [-0.2, 0) is 4.79 Å². The van der Waals surface area contributed by atoms with Gasteiger partial charge in [0.05, 0.1) is 11.4 Å². The molecule has 2 rings (SSSR count). The second-order valence-electron chi connectivity index (χ2n) is 4.06. The Labute approximate surface area is 89.9 Å². The Morgan fingerprint density at radius 1 is 1.33 bits per heavy atom. The zero-order chi connectivity index (χ0) is 10.8. The number of benzene rings is 1. The van der Waals surface area contributed by atoms with Gasteiger partial charge in [0, 0.05) is 13.0 Å². The third-order valence-electron chi connectivity index (χ3n) is 2.80. The molecule has 3 nitrogen and oxygen atoms in total. The van der Waals surface area contributed by atoms with Gasteiger partial charge in [0.25, 0.3) is 0 Å². The summed E-state index contributed by atoms with van der Waals surface area (Å²) in [5.41, 5.74) is 8.59. The van der Waals surface area contributed by atoms with Gasteiger partial charge in [-0.15, -0.1) is 0 Å². The van der Waals surface area contributed by atoms with Gasteiger partial charge in [-0.3, -0.25) is 4.79 Å². The van der Waals surface area contributed by atoms with Crippen molar-refractivity contribution in [2.75, 3.05) is 17.2 Å². The lowest BCUT2D eigenvalue weighted by Gasteiger charge is -2.28. The molecule has 80 valence electrons. The first-order chi connectivity index (χ1) is 7.18. The number of nitrogen functional groups attached to an aromatic ring is 1. The van der Waals surface area contributed by atoms with E-state index in [1.54, 1.807) is 0 Å². The Balaban J connectivity index is 2.34. The third kappa shape index (κ3) is 1.96. The first-order valence-electron chi connectivity index (χ1n) is 5.35. The quantitative estimate of drug-likeness (QED) is 0.712. The van der Waals surface area contributed by atoms with E-state index in [0.717, 1.165) is 30.6 Å². The van der Waals surface area contributed by atoms with E-state index in [2.05, 4.69) is 0 Å². The number of amides is 1. The van der Waals surface area contributed by atoms with Crippen molar-refractivity contribution < 1.29 is 4.79 Å². The average Bonchev–Trinajstić information content (AvgIpc) is 2.23. The van der Waals surface area contributed by atoms with E-state index < -0.39 is 0 Å². The van der Waals surface area contributed by atoms with Crippen molar-refractivity contribution in [3.63, 3.8) is 0 Å². The van der Waals surface area contributed by atoms with Gasteiger partial charge in [-0.1, -0.05) is 6.07 Å². The van der Waals surface area contributed by atoms with Crippen LogP contribution >= 0.6 is 0 Å². The van der Waals surface area contributed by atoms with Crippen LogP contribution in [0.4, 0.5) is 11.4 Å². The molecular weight excluding hydrogens is 188 g/mol. The number of carbonyl (C=O) groups is 1. The van der Waals surface area contributed by atoms with Crippen molar-refractivity contribution in [3.8, 4) is 0 Å². The maximum atomic E-state index is 11.7. The van der Waals surface area contributed by atoms with Gasteiger partial charge in [0.15, 0.2) is 0 Å². The Kier molecular flexibility index (Phi) is 2.62. The van der Waals surface area contributed by atoms with Crippen molar-refractivity contribution in [3.05, 3.63) is 23.8 Å². The number of hydrogen-bond donors (Lipinski definition) is 1. The fourth-order valence-electron chi connectivity index (χ4n) is 1.95. The molecule has 3 heteroatoms. The molecule has 0 atom stereocenters. The molecule has 1 aromatic carbocycles. The standard InChI is InChI=1S/C12H16N2O/c1-9-5-6-10(13)11(8-9)14-7-3-2-4-12(14)15/h5-6,8H,2-4,7,13H2,1H3. The van der Waals surface area contributed by atoms with Crippen molar-refractivity contribution in [2.45, 2.75) is 26.2 Å². The summed E-state index contributed by atoms with van der Waals surface area (Å²) >= 11 is 0. The van der Waals surface area contributed by atoms with Crippen LogP contribution in [0.1, 0.15) is 24.8 Å². The zero-order valence-electron chi connectivity index (χ0n) is 8.99. The van der Waals surface area contributed by atoms with E-state index >= 15 is 0 Å². The molecule has 0 aromatic heterocycles. The van der Waals surface area contributed by atoms with Crippen LogP contribution in [0.25, 0.3) is 0 Å². The second-order valence-corrected chi connectivity index (χ2v) is 4.06. The average molecular weight is 204 g/mol. The van der Waals surface area contributed by atoms with Gasteiger partial charge in [-0.2, -0.15) is 0 Å². The lowest BCUT2D eigenvalue weighted by molar-refractivity contribution is -0.119. The molecule has 0 saturated carbocycles. The molecule has 0 radical (unpaired) electrons. The van der Waals surface area contributed by atoms with E-state index in [-0.39, 0.29) is 5.91 Å². The molecule has 15 heavy (non-hydrogen) atoms. The lowest BCUT2D eigenvalue weighted by Crippen LogP contribution is -2.35. The highest BCUT2D eigenvalue weighted by atomic mass is 16.2. The summed E-state index contributed by atoms with van der Waals surface area (Å²) in [6, 6.07) is 5.82. The largest absolute Gasteiger partial charge is 0.397 e. The van der Waals surface area contributed by atoms with Crippen LogP contribution in [0.3, 0.4) is 0 Å². The second kappa shape index (κ2) is 3.93. The highest BCUT2D eigenvalue weighted by Crippen LogP contribution is 2.27. The fraction of sp³-hybridized carbons (Fsp3) is 0.417. The summed E-state index contributed by atoms with van der Waals surface area (Å²) in [5.74, 6) is 0.193. The summed E-state index contributed by atoms with van der Waals surface area (Å²) in [7, 11) is 0. The van der Waals surface area contributed by atoms with Gasteiger partial charge in [0.1, 0.15) is 0 Å². The van der Waals surface area contributed by atoms with Crippen LogP contribution in [0.15, 0.2) is 18.2 Å². The highest BCUT2D eigenvalue weighted by molar-refractivity contribution is 5.97. The zero-order valence-corrected chi connectivity index (χ0v) is 8.99. The number of piperidine rings is 1. The summed E-state index contributed by atoms with van der Waals surface area (Å²) < 4.78 is 0. The molecule has 1 saturated heterocycles. The number of nitrogens with two attached hydrogens (primary N) is 1. The predicted molar refractivity (Wildman–Crippen MR) is 61.8 cm³/mol. The number of hydrogen-bond acceptors (Lipinski definition) is 2. The summed E-state index contributed by atoms with van der Waals surface area (Å²) in [6.45, 7) is 2.81. The monoisotopic (exact) mass is 204 g/mol. The molecule has 1 fully saturated rings. The summed E-state index contributed by atoms with van der Waals surface area (Å²) in [4.78, 5) is 13.5. The van der Waals surface area contributed by atoms with Crippen LogP contribution in [-0.4, -0.2) is 12.5 Å². The molecule has 1 amide bonds. The Hall–Kier alpha value is -1.51. The molecule has 2 N–H and O–H groups in total. The van der Waals surface area contributed by atoms with Crippen molar-refractivity contribution in [1.82, 2.24) is 0 Å². The summed E-state index contributed by atoms with van der Waals surface area (Å²) in [6.07, 6.45) is 2.72. The van der Waals surface area contributed by atoms with Crippen LogP contribution in [0.2, 0.25) is 0 Å². The topological polar surface area (TPSA) is 46.3 Å². The normalized spacial score (nSPS) is 16.9. The molecule has 0 unspecified atom stereocenters. The van der Waals surface area contributed by atoms with Crippen LogP contribution in [0, 0.1) is 6.92 Å². The minimum atomic E-state index is 0.193. The van der Waals surface area contributed by atoms with E-state index in [0.29, 0.717) is 12.1 Å². The van der Waals surface area contributed by atoms with E-state index in [1.165, 1.54) is 0 Å². The Morgan fingerprint density at radius 3 is 2.87 bits per heavy atom. The molecule has 1 aliphatic rings. The first kappa shape index (κ1) is 10.0. The maximum absolute atomic E-state index is 11.7. The number of nitrogens with zero attached hydrogens (tertiary/aromatic N) is 1. The molecule has 0 bridgehead atoms. The van der Waals surface area contributed by atoms with Crippen molar-refractivity contribution >= 4 is 17.3 Å². The van der Waals surface area contributed by atoms with Gasteiger partial charge in [-0.25, -0.2) is 0 Å². The minimum Gasteiger partial charge on any atom is -0.397 e. The minimum absolute atomic E-state index is 0.193. The first-order valence-corrected chi connectivity index (χ1v) is 5.35. The third-order valence-corrected chi connectivity index (χ3v) is 2.80. The van der Waals surface area contributed by atoms with Crippen molar-refractivity contribution in [2.24, 2.45) is 0 Å². The molecule has 1 aliphatic heterocycles. The molecular formula is C12H16N2O. The number of rotatable bonds is 1. The summed E-state index contributed by atoms with van der Waals surface area (Å²) in [5, 5.41) is 0. The van der Waals surface area contributed by atoms with Crippen LogP contribution in [0.5, 0.6) is 0 Å². The number of anilines is 2. The molecule has 0 aliphatic carbocycles. The molecule has 0 spiro atoms. The maximum Gasteiger partial charge on any atom is 0.227 e. The van der Waals surface area contributed by atoms with E-state index in [4.69, 9.17) is 5.73 Å². The SMILES string of the molecule is Cc1ccc(N)c(N2CCCCC2=O)c1. The Morgan fingerprint density at radius 2 is 2.13 bits per heavy atom. The van der Waals surface area contributed by atoms with Gasteiger partial charge in [-0.05, 0) is 37.5 Å². The molecule has 1 heterocycles. The smallest absolute Gasteiger partial charge is 0.227 e. The van der Waals surface area contributed by atoms with Crippen molar-refractivity contribution in [1.29, 1.82) is 0 Å².